The van der Waals surface area contributed by atoms with Crippen LogP contribution >= 0.6 is 0 Å². The molecule has 7 nitrogen and oxygen atoms in total. The Kier molecular flexibility index (Phi) is 7.06. The summed E-state index contributed by atoms with van der Waals surface area (Å²) in [7, 11) is 0. The third kappa shape index (κ3) is 5.41. The number of aryl methyl sites for hydroxylation is 3. The SMILES string of the molecule is CCc1cc(-c2noc(-c3cc(C)nc(C4CCCC4)c3)n2)cc(C)c1OCCCC(=O)O. The summed E-state index contributed by atoms with van der Waals surface area (Å²) in [5.74, 6) is 1.55. The Morgan fingerprint density at radius 3 is 2.64 bits per heavy atom. The molecule has 0 spiro atoms. The largest absolute Gasteiger partial charge is 0.493 e. The Bertz CT molecular complexity index is 1130. The zero-order chi connectivity index (χ0) is 23.4. The van der Waals surface area contributed by atoms with Gasteiger partial charge in [0.2, 0.25) is 5.82 Å². The first-order chi connectivity index (χ1) is 15.9. The second-order valence-corrected chi connectivity index (χ2v) is 8.81. The van der Waals surface area contributed by atoms with Gasteiger partial charge in [0.05, 0.1) is 6.61 Å². The molecule has 1 aromatic carbocycles. The number of aromatic nitrogens is 3. The van der Waals surface area contributed by atoms with Gasteiger partial charge in [0.25, 0.3) is 5.89 Å². The van der Waals surface area contributed by atoms with E-state index in [1.165, 1.54) is 25.7 Å². The molecule has 3 aromatic rings. The Labute approximate surface area is 194 Å². The number of hydrogen-bond acceptors (Lipinski definition) is 6. The molecule has 1 N–H and O–H groups in total. The van der Waals surface area contributed by atoms with Gasteiger partial charge in [-0.2, -0.15) is 4.98 Å². The van der Waals surface area contributed by atoms with E-state index in [1.54, 1.807) is 0 Å². The minimum absolute atomic E-state index is 0.0984. The van der Waals surface area contributed by atoms with Crippen LogP contribution in [0.2, 0.25) is 0 Å². The van der Waals surface area contributed by atoms with Gasteiger partial charge in [-0.3, -0.25) is 9.78 Å². The third-order valence-electron chi connectivity index (χ3n) is 6.19. The lowest BCUT2D eigenvalue weighted by molar-refractivity contribution is -0.137. The van der Waals surface area contributed by atoms with Gasteiger partial charge in [-0.15, -0.1) is 0 Å². The molecule has 1 aliphatic rings. The van der Waals surface area contributed by atoms with Crippen LogP contribution in [0.3, 0.4) is 0 Å². The maximum Gasteiger partial charge on any atom is 0.303 e. The molecule has 2 heterocycles. The molecule has 0 atom stereocenters. The number of ether oxygens (including phenoxy) is 1. The van der Waals surface area contributed by atoms with Gasteiger partial charge in [-0.25, -0.2) is 0 Å². The van der Waals surface area contributed by atoms with Gasteiger partial charge < -0.3 is 14.4 Å². The zero-order valence-corrected chi connectivity index (χ0v) is 19.6. The molecule has 1 fully saturated rings. The van der Waals surface area contributed by atoms with Crippen molar-refractivity contribution in [3.8, 4) is 28.6 Å². The van der Waals surface area contributed by atoms with Crippen LogP contribution in [0.1, 0.15) is 73.9 Å². The van der Waals surface area contributed by atoms with Crippen molar-refractivity contribution in [3.63, 3.8) is 0 Å². The van der Waals surface area contributed by atoms with Gasteiger partial charge in [-0.1, -0.05) is 24.9 Å². The van der Waals surface area contributed by atoms with Crippen molar-refractivity contribution in [1.29, 1.82) is 0 Å². The molecule has 4 rings (SSSR count). The second-order valence-electron chi connectivity index (χ2n) is 8.81. The summed E-state index contributed by atoms with van der Waals surface area (Å²) in [6, 6.07) is 8.10. The molecule has 0 radical (unpaired) electrons. The number of carbonyl (C=O) groups is 1. The molecule has 0 bridgehead atoms. The summed E-state index contributed by atoms with van der Waals surface area (Å²) < 4.78 is 11.6. The van der Waals surface area contributed by atoms with Gasteiger partial charge in [-0.05, 0) is 74.9 Å². The molecular formula is C26H31N3O4. The highest BCUT2D eigenvalue weighted by Crippen LogP contribution is 2.35. The molecule has 1 aliphatic carbocycles. The first kappa shape index (κ1) is 23.0. The van der Waals surface area contributed by atoms with E-state index in [9.17, 15) is 4.79 Å². The maximum absolute atomic E-state index is 10.7. The van der Waals surface area contributed by atoms with Crippen LogP contribution in [-0.2, 0) is 11.2 Å². The fraction of sp³-hybridized carbons (Fsp3) is 0.462. The maximum atomic E-state index is 10.7. The van der Waals surface area contributed by atoms with Crippen molar-refractivity contribution in [2.75, 3.05) is 6.61 Å². The molecule has 0 aliphatic heterocycles. The molecule has 2 aromatic heterocycles. The number of benzene rings is 1. The van der Waals surface area contributed by atoms with Gasteiger partial charge >= 0.3 is 5.97 Å². The molecule has 174 valence electrons. The lowest BCUT2D eigenvalue weighted by Crippen LogP contribution is -2.05. The zero-order valence-electron chi connectivity index (χ0n) is 19.6. The van der Waals surface area contributed by atoms with Crippen molar-refractivity contribution in [2.24, 2.45) is 0 Å². The lowest BCUT2D eigenvalue weighted by atomic mass is 10.0. The number of pyridine rings is 1. The standard InChI is InChI=1S/C26H31N3O4/c1-4-18-14-20(12-16(2)24(18)32-11-7-10-23(30)31)25-28-26(33-29-25)21-13-17(3)27-22(15-21)19-8-5-6-9-19/h12-15,19H,4-11H2,1-3H3,(H,30,31). The van der Waals surface area contributed by atoms with E-state index >= 15 is 0 Å². The Hall–Kier alpha value is -3.22. The van der Waals surface area contributed by atoms with Crippen LogP contribution in [0, 0.1) is 13.8 Å². The summed E-state index contributed by atoms with van der Waals surface area (Å²) in [5, 5.41) is 13.1. The molecule has 0 amide bonds. The van der Waals surface area contributed by atoms with E-state index in [4.69, 9.17) is 19.4 Å². The van der Waals surface area contributed by atoms with Gasteiger partial charge in [0, 0.05) is 34.9 Å². The van der Waals surface area contributed by atoms with Crippen molar-refractivity contribution in [3.05, 3.63) is 46.8 Å². The lowest BCUT2D eigenvalue weighted by Gasteiger charge is -2.14. The smallest absolute Gasteiger partial charge is 0.303 e. The number of carboxylic acids is 1. The molecule has 1 saturated carbocycles. The predicted molar refractivity (Wildman–Crippen MR) is 125 cm³/mol. The molecule has 0 saturated heterocycles. The highest BCUT2D eigenvalue weighted by molar-refractivity contribution is 5.66. The van der Waals surface area contributed by atoms with E-state index in [-0.39, 0.29) is 6.42 Å². The van der Waals surface area contributed by atoms with E-state index in [0.29, 0.717) is 30.7 Å². The minimum atomic E-state index is -0.811. The molecule has 7 heteroatoms. The monoisotopic (exact) mass is 449 g/mol. The number of nitrogens with zero attached hydrogens (tertiary/aromatic N) is 3. The van der Waals surface area contributed by atoms with Gasteiger partial charge in [0.15, 0.2) is 0 Å². The van der Waals surface area contributed by atoms with Crippen LogP contribution in [0.4, 0.5) is 0 Å². The first-order valence-corrected chi connectivity index (χ1v) is 11.8. The molecular weight excluding hydrogens is 418 g/mol. The van der Waals surface area contributed by atoms with Crippen LogP contribution in [0.25, 0.3) is 22.8 Å². The molecule has 33 heavy (non-hydrogen) atoms. The summed E-state index contributed by atoms with van der Waals surface area (Å²) >= 11 is 0. The Morgan fingerprint density at radius 2 is 1.91 bits per heavy atom. The Balaban J connectivity index is 1.57. The topological polar surface area (TPSA) is 98.3 Å². The predicted octanol–water partition coefficient (Wildman–Crippen LogP) is 5.88. The second kappa shape index (κ2) is 10.1. The number of hydrogen-bond donors (Lipinski definition) is 1. The highest BCUT2D eigenvalue weighted by atomic mass is 16.5. The van der Waals surface area contributed by atoms with Crippen molar-refractivity contribution in [1.82, 2.24) is 15.1 Å². The first-order valence-electron chi connectivity index (χ1n) is 11.8. The van der Waals surface area contributed by atoms with E-state index in [1.807, 2.05) is 32.0 Å². The summed E-state index contributed by atoms with van der Waals surface area (Å²) in [6.07, 6.45) is 6.26. The van der Waals surface area contributed by atoms with Crippen molar-refractivity contribution in [2.45, 2.75) is 71.6 Å². The average Bonchev–Trinajstić information content (AvgIpc) is 3.49. The van der Waals surface area contributed by atoms with E-state index < -0.39 is 5.97 Å². The van der Waals surface area contributed by atoms with Crippen molar-refractivity contribution < 1.29 is 19.2 Å². The number of carboxylic acid groups (broad SMARTS) is 1. The number of aliphatic carboxylic acids is 1. The van der Waals surface area contributed by atoms with Crippen LogP contribution in [-0.4, -0.2) is 32.8 Å². The molecule has 0 unspecified atom stereocenters. The van der Waals surface area contributed by atoms with Crippen molar-refractivity contribution >= 4 is 5.97 Å². The fourth-order valence-electron chi connectivity index (χ4n) is 4.55. The highest BCUT2D eigenvalue weighted by Gasteiger charge is 2.21. The minimum Gasteiger partial charge on any atom is -0.493 e. The number of rotatable bonds is 9. The van der Waals surface area contributed by atoms with E-state index in [0.717, 1.165) is 45.8 Å². The fourth-order valence-corrected chi connectivity index (χ4v) is 4.55. The van der Waals surface area contributed by atoms with Crippen LogP contribution in [0.15, 0.2) is 28.8 Å². The van der Waals surface area contributed by atoms with E-state index in [2.05, 4.69) is 23.1 Å². The summed E-state index contributed by atoms with van der Waals surface area (Å²) in [4.78, 5) is 20.2. The summed E-state index contributed by atoms with van der Waals surface area (Å²) in [5.41, 5.74) is 5.87. The summed E-state index contributed by atoms with van der Waals surface area (Å²) in [6.45, 7) is 6.42. The Morgan fingerprint density at radius 1 is 1.12 bits per heavy atom. The third-order valence-corrected chi connectivity index (χ3v) is 6.19. The van der Waals surface area contributed by atoms with Crippen LogP contribution < -0.4 is 4.74 Å². The average molecular weight is 450 g/mol. The van der Waals surface area contributed by atoms with Crippen LogP contribution in [0.5, 0.6) is 5.75 Å². The quantitative estimate of drug-likeness (QED) is 0.407. The normalized spacial score (nSPS) is 14.0. The van der Waals surface area contributed by atoms with Gasteiger partial charge in [0.1, 0.15) is 5.75 Å².